The number of methoxy groups -OCH3 is 1. The highest BCUT2D eigenvalue weighted by atomic mass is 19.1. The van der Waals surface area contributed by atoms with Crippen LogP contribution < -0.4 is 15.0 Å². The van der Waals surface area contributed by atoms with Crippen LogP contribution in [0, 0.1) is 5.95 Å². The molecule has 0 fully saturated rings. The molecule has 8 nitrogen and oxygen atoms in total. The molecule has 0 spiro atoms. The van der Waals surface area contributed by atoms with Crippen LogP contribution in [-0.2, 0) is 22.4 Å². The Morgan fingerprint density at radius 2 is 1.84 bits per heavy atom. The molecule has 2 heterocycles. The number of esters is 1. The molecule has 0 radical (unpaired) electrons. The maximum atomic E-state index is 13.8. The Morgan fingerprint density at radius 3 is 2.55 bits per heavy atom. The fourth-order valence-electron chi connectivity index (χ4n) is 4.24. The number of nitrogens with zero attached hydrogens (tertiary/aromatic N) is 3. The lowest BCUT2D eigenvalue weighted by Gasteiger charge is -2.23. The minimum Gasteiger partial charge on any atom is -0.493 e. The molecule has 38 heavy (non-hydrogen) atoms. The number of anilines is 2. The number of hydrogen-bond donors (Lipinski definition) is 1. The van der Waals surface area contributed by atoms with E-state index in [0.29, 0.717) is 42.5 Å². The molecule has 0 bridgehead atoms. The van der Waals surface area contributed by atoms with Gasteiger partial charge in [0.1, 0.15) is 17.4 Å². The highest BCUT2D eigenvalue weighted by Crippen LogP contribution is 2.30. The lowest BCUT2D eigenvalue weighted by Crippen LogP contribution is -2.26. The van der Waals surface area contributed by atoms with Gasteiger partial charge in [0.25, 0.3) is 5.91 Å². The molecule has 2 aromatic carbocycles. The molecule has 1 amide bonds. The van der Waals surface area contributed by atoms with Crippen LogP contribution in [0.5, 0.6) is 5.75 Å². The monoisotopic (exact) mass is 516 g/mol. The number of amides is 1. The number of benzene rings is 2. The molecule has 0 atom stereocenters. The summed E-state index contributed by atoms with van der Waals surface area (Å²) in [5, 5.41) is 4.47. The minimum atomic E-state index is -0.609. The molecule has 1 N–H and O–H groups in total. The molecule has 0 aliphatic heterocycles. The van der Waals surface area contributed by atoms with Gasteiger partial charge in [0.2, 0.25) is 5.95 Å². The number of ether oxygens (including phenoxy) is 2. The van der Waals surface area contributed by atoms with Gasteiger partial charge in [-0.15, -0.1) is 0 Å². The van der Waals surface area contributed by atoms with E-state index in [9.17, 15) is 14.0 Å². The first-order chi connectivity index (χ1) is 18.4. The van der Waals surface area contributed by atoms with Gasteiger partial charge in [-0.2, -0.15) is 4.39 Å². The molecule has 0 unspecified atom stereocenters. The average Bonchev–Trinajstić information content (AvgIpc) is 2.94. The number of carbonyl (C=O) groups excluding carboxylic acids is 2. The summed E-state index contributed by atoms with van der Waals surface area (Å²) in [6.45, 7) is 2.66. The Bertz CT molecular complexity index is 1460. The number of halogens is 1. The molecule has 196 valence electrons. The van der Waals surface area contributed by atoms with Gasteiger partial charge in [-0.1, -0.05) is 36.4 Å². The smallest absolute Gasteiger partial charge is 0.309 e. The van der Waals surface area contributed by atoms with Crippen molar-refractivity contribution in [1.82, 2.24) is 15.3 Å². The molecular weight excluding hydrogens is 487 g/mol. The summed E-state index contributed by atoms with van der Waals surface area (Å²) in [7, 11) is 2.92. The molecule has 4 rings (SSSR count). The standard InChI is InChI=1S/C29H29FN4O4/c1-4-34(26-11-7-10-25(30)33-26)28-23(29(36)31-2)16-19(18-32-28)14-15-38-24-13-12-20(17-27(35)37-3)21-8-5-6-9-22(21)24/h5-13,16,18H,4,14-15,17H2,1-3H3,(H,31,36). The molecule has 0 saturated heterocycles. The zero-order chi connectivity index (χ0) is 27.1. The Hall–Kier alpha value is -4.53. The number of carbonyl (C=O) groups is 2. The van der Waals surface area contributed by atoms with Crippen molar-refractivity contribution in [2.45, 2.75) is 19.8 Å². The third-order valence-corrected chi connectivity index (χ3v) is 6.13. The molecular formula is C29H29FN4O4. The quantitative estimate of drug-likeness (QED) is 0.243. The Labute approximate surface area is 220 Å². The van der Waals surface area contributed by atoms with Crippen molar-refractivity contribution in [3.05, 3.63) is 89.5 Å². The average molecular weight is 517 g/mol. The summed E-state index contributed by atoms with van der Waals surface area (Å²) >= 11 is 0. The third kappa shape index (κ3) is 5.88. The van der Waals surface area contributed by atoms with Gasteiger partial charge >= 0.3 is 5.97 Å². The lowest BCUT2D eigenvalue weighted by molar-refractivity contribution is -0.139. The number of rotatable bonds is 10. The molecule has 9 heteroatoms. The molecule has 4 aromatic rings. The number of aromatic nitrogens is 2. The normalized spacial score (nSPS) is 10.7. The first-order valence-electron chi connectivity index (χ1n) is 12.3. The van der Waals surface area contributed by atoms with Gasteiger partial charge in [-0.3, -0.25) is 9.59 Å². The van der Waals surface area contributed by atoms with Crippen molar-refractivity contribution >= 4 is 34.3 Å². The van der Waals surface area contributed by atoms with E-state index < -0.39 is 5.95 Å². The Balaban J connectivity index is 1.55. The fraction of sp³-hybridized carbons (Fsp3) is 0.241. The minimum absolute atomic E-state index is 0.178. The summed E-state index contributed by atoms with van der Waals surface area (Å²) < 4.78 is 24.7. The maximum absolute atomic E-state index is 13.8. The highest BCUT2D eigenvalue weighted by Gasteiger charge is 2.20. The van der Waals surface area contributed by atoms with E-state index >= 15 is 0 Å². The van der Waals surface area contributed by atoms with Crippen molar-refractivity contribution < 1.29 is 23.5 Å². The highest BCUT2D eigenvalue weighted by molar-refractivity contribution is 5.99. The van der Waals surface area contributed by atoms with Crippen LogP contribution >= 0.6 is 0 Å². The van der Waals surface area contributed by atoms with E-state index in [2.05, 4.69) is 15.3 Å². The second-order valence-corrected chi connectivity index (χ2v) is 8.48. The maximum Gasteiger partial charge on any atom is 0.309 e. The van der Waals surface area contributed by atoms with Crippen LogP contribution in [-0.4, -0.2) is 49.2 Å². The van der Waals surface area contributed by atoms with E-state index in [0.717, 1.165) is 21.9 Å². The predicted octanol–water partition coefficient (Wildman–Crippen LogP) is 4.62. The second kappa shape index (κ2) is 12.1. The van der Waals surface area contributed by atoms with Crippen molar-refractivity contribution in [2.24, 2.45) is 0 Å². The number of fused-ring (bicyclic) bond motifs is 1. The first-order valence-corrected chi connectivity index (χ1v) is 12.3. The zero-order valence-corrected chi connectivity index (χ0v) is 21.5. The summed E-state index contributed by atoms with van der Waals surface area (Å²) in [5.74, 6) is 0.228. The van der Waals surface area contributed by atoms with Crippen molar-refractivity contribution in [2.75, 3.05) is 32.2 Å². The Morgan fingerprint density at radius 1 is 1.05 bits per heavy atom. The summed E-state index contributed by atoms with van der Waals surface area (Å²) in [5.41, 5.74) is 2.03. The van der Waals surface area contributed by atoms with Crippen LogP contribution in [0.4, 0.5) is 16.0 Å². The summed E-state index contributed by atoms with van der Waals surface area (Å²) in [6.07, 6.45) is 2.36. The third-order valence-electron chi connectivity index (χ3n) is 6.13. The Kier molecular flexibility index (Phi) is 8.47. The van der Waals surface area contributed by atoms with E-state index in [1.54, 1.807) is 36.3 Å². The number of pyridine rings is 2. The molecule has 0 saturated carbocycles. The van der Waals surface area contributed by atoms with Crippen LogP contribution in [0.1, 0.15) is 28.4 Å². The molecule has 0 aliphatic rings. The van der Waals surface area contributed by atoms with Gasteiger partial charge in [0, 0.05) is 31.6 Å². The van der Waals surface area contributed by atoms with Gasteiger partial charge in [0.05, 0.1) is 25.7 Å². The van der Waals surface area contributed by atoms with E-state index in [-0.39, 0.29) is 18.3 Å². The summed E-state index contributed by atoms with van der Waals surface area (Å²) in [4.78, 5) is 34.7. The largest absolute Gasteiger partial charge is 0.493 e. The first kappa shape index (κ1) is 26.5. The lowest BCUT2D eigenvalue weighted by atomic mass is 10.0. The number of hydrogen-bond acceptors (Lipinski definition) is 7. The van der Waals surface area contributed by atoms with Crippen LogP contribution in [0.2, 0.25) is 0 Å². The predicted molar refractivity (Wildman–Crippen MR) is 143 cm³/mol. The SMILES string of the molecule is CCN(c1cccc(F)n1)c1ncc(CCOc2ccc(CC(=O)OC)c3ccccc23)cc1C(=O)NC. The van der Waals surface area contributed by atoms with Gasteiger partial charge in [-0.05, 0) is 47.7 Å². The summed E-state index contributed by atoms with van der Waals surface area (Å²) in [6, 6.07) is 17.7. The van der Waals surface area contributed by atoms with E-state index in [1.807, 2.05) is 43.3 Å². The van der Waals surface area contributed by atoms with E-state index in [1.165, 1.54) is 13.2 Å². The van der Waals surface area contributed by atoms with Crippen molar-refractivity contribution in [1.29, 1.82) is 0 Å². The topological polar surface area (TPSA) is 93.7 Å². The van der Waals surface area contributed by atoms with Crippen LogP contribution in [0.15, 0.2) is 66.9 Å². The second-order valence-electron chi connectivity index (χ2n) is 8.48. The van der Waals surface area contributed by atoms with Crippen LogP contribution in [0.3, 0.4) is 0 Å². The van der Waals surface area contributed by atoms with Gasteiger partial charge in [-0.25, -0.2) is 9.97 Å². The van der Waals surface area contributed by atoms with Crippen molar-refractivity contribution in [3.63, 3.8) is 0 Å². The van der Waals surface area contributed by atoms with E-state index in [4.69, 9.17) is 9.47 Å². The van der Waals surface area contributed by atoms with Gasteiger partial charge < -0.3 is 19.7 Å². The fourth-order valence-corrected chi connectivity index (χ4v) is 4.24. The zero-order valence-electron chi connectivity index (χ0n) is 21.5. The molecule has 2 aromatic heterocycles. The van der Waals surface area contributed by atoms with Crippen LogP contribution in [0.25, 0.3) is 10.8 Å². The number of nitrogens with one attached hydrogen (secondary N) is 1. The molecule has 0 aliphatic carbocycles. The van der Waals surface area contributed by atoms with Crippen molar-refractivity contribution in [3.8, 4) is 5.75 Å². The van der Waals surface area contributed by atoms with Gasteiger partial charge in [0.15, 0.2) is 0 Å².